The lowest BCUT2D eigenvalue weighted by molar-refractivity contribution is 0.296. The van der Waals surface area contributed by atoms with E-state index in [2.05, 4.69) is 24.4 Å². The van der Waals surface area contributed by atoms with E-state index in [0.29, 0.717) is 6.04 Å². The van der Waals surface area contributed by atoms with Crippen LogP contribution in [0.3, 0.4) is 0 Å². The second kappa shape index (κ2) is 5.19. The molecule has 98 valence electrons. The molecule has 2 heterocycles. The quantitative estimate of drug-likeness (QED) is 0.827. The van der Waals surface area contributed by atoms with Crippen LogP contribution in [0.1, 0.15) is 42.9 Å². The molecule has 1 aromatic rings. The Kier molecular flexibility index (Phi) is 3.41. The molecule has 1 saturated heterocycles. The monoisotopic (exact) mass is 247 g/mol. The van der Waals surface area contributed by atoms with Gasteiger partial charge < -0.3 is 14.8 Å². The summed E-state index contributed by atoms with van der Waals surface area (Å²) < 4.78 is 11.6. The number of nitrogens with one attached hydrogen (secondary N) is 1. The summed E-state index contributed by atoms with van der Waals surface area (Å²) in [7, 11) is 0. The molecule has 0 saturated carbocycles. The molecule has 1 N–H and O–H groups in total. The first kappa shape index (κ1) is 11.8. The molecule has 0 aliphatic carbocycles. The zero-order valence-corrected chi connectivity index (χ0v) is 11.0. The van der Waals surface area contributed by atoms with Gasteiger partial charge in [0, 0.05) is 12.5 Å². The molecule has 0 radical (unpaired) electrons. The molecule has 0 bridgehead atoms. The highest BCUT2D eigenvalue weighted by Crippen LogP contribution is 2.38. The predicted molar refractivity (Wildman–Crippen MR) is 71.4 cm³/mol. The topological polar surface area (TPSA) is 30.5 Å². The number of hydrogen-bond donors (Lipinski definition) is 1. The van der Waals surface area contributed by atoms with Crippen LogP contribution in [0.5, 0.6) is 11.5 Å². The summed E-state index contributed by atoms with van der Waals surface area (Å²) in [6.07, 6.45) is 4.79. The highest BCUT2D eigenvalue weighted by atomic mass is 16.5. The fourth-order valence-electron chi connectivity index (χ4n) is 2.89. The Bertz CT molecular complexity index is 425. The van der Waals surface area contributed by atoms with Crippen LogP contribution in [0.4, 0.5) is 0 Å². The van der Waals surface area contributed by atoms with Gasteiger partial charge in [-0.05, 0) is 43.5 Å². The summed E-state index contributed by atoms with van der Waals surface area (Å²) in [5.41, 5.74) is 2.62. The molecule has 0 amide bonds. The standard InChI is InChI=1S/C15H21NO2/c1-11-12(13-5-2-3-8-16-13)6-7-14-15(11)18-10-4-9-17-14/h6-7,13,16H,2-5,8-10H2,1H3. The molecule has 18 heavy (non-hydrogen) atoms. The number of fused-ring (bicyclic) bond motifs is 1. The highest BCUT2D eigenvalue weighted by molar-refractivity contribution is 5.51. The molecule has 3 heteroatoms. The Morgan fingerprint density at radius 2 is 2.00 bits per heavy atom. The van der Waals surface area contributed by atoms with E-state index in [4.69, 9.17) is 9.47 Å². The fraction of sp³-hybridized carbons (Fsp3) is 0.600. The minimum Gasteiger partial charge on any atom is -0.490 e. The summed E-state index contributed by atoms with van der Waals surface area (Å²) in [6.45, 7) is 4.79. The molecule has 2 aliphatic heterocycles. The van der Waals surface area contributed by atoms with Crippen LogP contribution >= 0.6 is 0 Å². The Morgan fingerprint density at radius 1 is 1.11 bits per heavy atom. The highest BCUT2D eigenvalue weighted by Gasteiger charge is 2.21. The van der Waals surface area contributed by atoms with Crippen LogP contribution < -0.4 is 14.8 Å². The molecule has 3 nitrogen and oxygen atoms in total. The van der Waals surface area contributed by atoms with Crippen molar-refractivity contribution >= 4 is 0 Å². The first-order chi connectivity index (χ1) is 8.86. The van der Waals surface area contributed by atoms with Crippen molar-refractivity contribution in [2.45, 2.75) is 38.6 Å². The van der Waals surface area contributed by atoms with Gasteiger partial charge in [0.1, 0.15) is 0 Å². The van der Waals surface area contributed by atoms with Crippen molar-refractivity contribution in [1.29, 1.82) is 0 Å². The lowest BCUT2D eigenvalue weighted by Crippen LogP contribution is -2.27. The second-order valence-electron chi connectivity index (χ2n) is 5.16. The van der Waals surface area contributed by atoms with Gasteiger partial charge in [-0.1, -0.05) is 12.5 Å². The number of piperidine rings is 1. The third kappa shape index (κ3) is 2.19. The van der Waals surface area contributed by atoms with Crippen LogP contribution in [0.15, 0.2) is 12.1 Å². The largest absolute Gasteiger partial charge is 0.490 e. The van der Waals surface area contributed by atoms with Crippen LogP contribution in [0.2, 0.25) is 0 Å². The fourth-order valence-corrected chi connectivity index (χ4v) is 2.89. The molecule has 1 unspecified atom stereocenters. The van der Waals surface area contributed by atoms with Crippen molar-refractivity contribution in [2.75, 3.05) is 19.8 Å². The van der Waals surface area contributed by atoms with Crippen molar-refractivity contribution in [3.8, 4) is 11.5 Å². The Labute approximate surface area is 108 Å². The van der Waals surface area contributed by atoms with Gasteiger partial charge in [-0.15, -0.1) is 0 Å². The Hall–Kier alpha value is -1.22. The minimum atomic E-state index is 0.482. The number of hydrogen-bond acceptors (Lipinski definition) is 3. The first-order valence-corrected chi connectivity index (χ1v) is 6.99. The van der Waals surface area contributed by atoms with Crippen molar-refractivity contribution in [1.82, 2.24) is 5.32 Å². The van der Waals surface area contributed by atoms with Crippen LogP contribution in [0.25, 0.3) is 0 Å². The van der Waals surface area contributed by atoms with E-state index in [-0.39, 0.29) is 0 Å². The van der Waals surface area contributed by atoms with Crippen molar-refractivity contribution in [3.05, 3.63) is 23.3 Å². The Balaban J connectivity index is 1.93. The zero-order chi connectivity index (χ0) is 12.4. The average Bonchev–Trinajstić information content (AvgIpc) is 2.66. The smallest absolute Gasteiger partial charge is 0.164 e. The molecule has 2 aliphatic rings. The maximum Gasteiger partial charge on any atom is 0.164 e. The molecule has 1 aromatic carbocycles. The van der Waals surface area contributed by atoms with Gasteiger partial charge in [0.2, 0.25) is 0 Å². The van der Waals surface area contributed by atoms with Crippen molar-refractivity contribution in [3.63, 3.8) is 0 Å². The third-order valence-electron chi connectivity index (χ3n) is 3.89. The lowest BCUT2D eigenvalue weighted by Gasteiger charge is -2.26. The van der Waals surface area contributed by atoms with Gasteiger partial charge in [-0.3, -0.25) is 0 Å². The third-order valence-corrected chi connectivity index (χ3v) is 3.89. The summed E-state index contributed by atoms with van der Waals surface area (Å²) in [5.74, 6) is 1.86. The molecule has 1 atom stereocenters. The van der Waals surface area contributed by atoms with Gasteiger partial charge in [0.05, 0.1) is 13.2 Å². The number of benzene rings is 1. The maximum atomic E-state index is 5.86. The molecular formula is C15H21NO2. The van der Waals surface area contributed by atoms with Gasteiger partial charge in [-0.2, -0.15) is 0 Å². The summed E-state index contributed by atoms with van der Waals surface area (Å²) in [4.78, 5) is 0. The van der Waals surface area contributed by atoms with E-state index in [1.54, 1.807) is 0 Å². The van der Waals surface area contributed by atoms with Crippen LogP contribution in [-0.4, -0.2) is 19.8 Å². The first-order valence-electron chi connectivity index (χ1n) is 6.99. The normalized spacial score (nSPS) is 23.5. The summed E-state index contributed by atoms with van der Waals surface area (Å²) in [5, 5.41) is 3.60. The van der Waals surface area contributed by atoms with E-state index in [0.717, 1.165) is 37.7 Å². The molecular weight excluding hydrogens is 226 g/mol. The predicted octanol–water partition coefficient (Wildman–Crippen LogP) is 2.97. The van der Waals surface area contributed by atoms with Crippen molar-refractivity contribution in [2.24, 2.45) is 0 Å². The van der Waals surface area contributed by atoms with Crippen LogP contribution in [0, 0.1) is 6.92 Å². The number of rotatable bonds is 1. The minimum absolute atomic E-state index is 0.482. The van der Waals surface area contributed by atoms with E-state index in [1.807, 2.05) is 0 Å². The average molecular weight is 247 g/mol. The molecule has 1 fully saturated rings. The second-order valence-corrected chi connectivity index (χ2v) is 5.16. The summed E-state index contributed by atoms with van der Waals surface area (Å²) in [6, 6.07) is 4.75. The van der Waals surface area contributed by atoms with Gasteiger partial charge >= 0.3 is 0 Å². The van der Waals surface area contributed by atoms with E-state index in [1.165, 1.54) is 30.4 Å². The van der Waals surface area contributed by atoms with Crippen molar-refractivity contribution < 1.29 is 9.47 Å². The molecule has 0 aromatic heterocycles. The van der Waals surface area contributed by atoms with E-state index >= 15 is 0 Å². The van der Waals surface area contributed by atoms with Gasteiger partial charge in [0.25, 0.3) is 0 Å². The van der Waals surface area contributed by atoms with E-state index in [9.17, 15) is 0 Å². The molecule has 3 rings (SSSR count). The van der Waals surface area contributed by atoms with E-state index < -0.39 is 0 Å². The van der Waals surface area contributed by atoms with Crippen LogP contribution in [-0.2, 0) is 0 Å². The molecule has 0 spiro atoms. The lowest BCUT2D eigenvalue weighted by atomic mass is 9.93. The van der Waals surface area contributed by atoms with Gasteiger partial charge in [-0.25, -0.2) is 0 Å². The van der Waals surface area contributed by atoms with Gasteiger partial charge in [0.15, 0.2) is 11.5 Å². The maximum absolute atomic E-state index is 5.86. The number of ether oxygens (including phenoxy) is 2. The Morgan fingerprint density at radius 3 is 2.83 bits per heavy atom. The SMILES string of the molecule is Cc1c(C2CCCCN2)ccc2c1OCCCO2. The zero-order valence-electron chi connectivity index (χ0n) is 11.0. The summed E-state index contributed by atoms with van der Waals surface area (Å²) >= 11 is 0.